The molecule has 1 aliphatic rings. The zero-order chi connectivity index (χ0) is 20.7. The summed E-state index contributed by atoms with van der Waals surface area (Å²) in [7, 11) is 0. The first-order valence-electron chi connectivity index (χ1n) is 9.38. The number of fused-ring (bicyclic) bond motifs is 3. The fourth-order valence-electron chi connectivity index (χ4n) is 3.83. The summed E-state index contributed by atoms with van der Waals surface area (Å²) < 4.78 is 5.71. The SMILES string of the molecule is O=[N+]([O-])c1cnc(Oc2ccc(-c3cccc4c3Cc3ccccc3-4)cc2)c(Cl)c1. The van der Waals surface area contributed by atoms with Gasteiger partial charge in [-0.3, -0.25) is 10.1 Å². The van der Waals surface area contributed by atoms with Crippen molar-refractivity contribution in [3.05, 3.63) is 105 Å². The van der Waals surface area contributed by atoms with E-state index < -0.39 is 4.92 Å². The predicted octanol–water partition coefficient (Wildman–Crippen LogP) is 6.67. The van der Waals surface area contributed by atoms with E-state index in [0.29, 0.717) is 5.75 Å². The van der Waals surface area contributed by atoms with Crippen LogP contribution in [-0.4, -0.2) is 9.91 Å². The number of rotatable bonds is 4. The van der Waals surface area contributed by atoms with Gasteiger partial charge in [0.05, 0.1) is 4.92 Å². The molecule has 30 heavy (non-hydrogen) atoms. The van der Waals surface area contributed by atoms with Gasteiger partial charge in [-0.1, -0.05) is 66.2 Å². The maximum atomic E-state index is 10.8. The highest BCUT2D eigenvalue weighted by Gasteiger charge is 2.21. The summed E-state index contributed by atoms with van der Waals surface area (Å²) in [4.78, 5) is 14.2. The van der Waals surface area contributed by atoms with Gasteiger partial charge in [0.2, 0.25) is 5.88 Å². The van der Waals surface area contributed by atoms with Crippen molar-refractivity contribution in [1.29, 1.82) is 0 Å². The third-order valence-corrected chi connectivity index (χ3v) is 5.51. The average Bonchev–Trinajstić information content (AvgIpc) is 3.14. The molecule has 0 fully saturated rings. The van der Waals surface area contributed by atoms with Gasteiger partial charge in [0, 0.05) is 6.07 Å². The number of halogens is 1. The molecule has 0 spiro atoms. The molecule has 1 heterocycles. The van der Waals surface area contributed by atoms with E-state index in [4.69, 9.17) is 16.3 Å². The van der Waals surface area contributed by atoms with Crippen LogP contribution in [-0.2, 0) is 6.42 Å². The number of hydrogen-bond acceptors (Lipinski definition) is 4. The maximum Gasteiger partial charge on any atom is 0.289 e. The minimum Gasteiger partial charge on any atom is -0.438 e. The maximum absolute atomic E-state index is 10.8. The van der Waals surface area contributed by atoms with Crippen LogP contribution in [0.4, 0.5) is 5.69 Å². The second-order valence-electron chi connectivity index (χ2n) is 7.03. The third kappa shape index (κ3) is 3.19. The van der Waals surface area contributed by atoms with Crippen molar-refractivity contribution in [3.63, 3.8) is 0 Å². The molecule has 0 saturated carbocycles. The molecule has 5 nitrogen and oxygen atoms in total. The summed E-state index contributed by atoms with van der Waals surface area (Å²) in [5.41, 5.74) is 7.36. The Hall–Kier alpha value is -3.70. The molecule has 0 saturated heterocycles. The van der Waals surface area contributed by atoms with Gasteiger partial charge in [-0.25, -0.2) is 4.98 Å². The Morgan fingerprint density at radius 2 is 1.67 bits per heavy atom. The van der Waals surface area contributed by atoms with Crippen LogP contribution in [0.15, 0.2) is 79.0 Å². The van der Waals surface area contributed by atoms with Crippen molar-refractivity contribution >= 4 is 17.3 Å². The number of hydrogen-bond donors (Lipinski definition) is 0. The fourth-order valence-corrected chi connectivity index (χ4v) is 4.03. The number of nitrogens with zero attached hydrogens (tertiary/aromatic N) is 2. The summed E-state index contributed by atoms with van der Waals surface area (Å²) in [6.07, 6.45) is 2.04. The first-order chi connectivity index (χ1) is 14.6. The predicted molar refractivity (Wildman–Crippen MR) is 116 cm³/mol. The zero-order valence-corrected chi connectivity index (χ0v) is 16.5. The van der Waals surface area contributed by atoms with Crippen LogP contribution in [0.2, 0.25) is 5.02 Å². The number of ether oxygens (including phenoxy) is 1. The molecular formula is C24H15ClN2O3. The monoisotopic (exact) mass is 414 g/mol. The van der Waals surface area contributed by atoms with Gasteiger partial charge in [-0.05, 0) is 51.9 Å². The summed E-state index contributed by atoms with van der Waals surface area (Å²) in [5.74, 6) is 0.684. The largest absolute Gasteiger partial charge is 0.438 e. The number of nitro groups is 1. The smallest absolute Gasteiger partial charge is 0.289 e. The lowest BCUT2D eigenvalue weighted by molar-refractivity contribution is -0.385. The van der Waals surface area contributed by atoms with Crippen LogP contribution in [0.1, 0.15) is 11.1 Å². The third-order valence-electron chi connectivity index (χ3n) is 5.23. The summed E-state index contributed by atoms with van der Waals surface area (Å²) in [6.45, 7) is 0. The standard InChI is InChI=1S/C24H15ClN2O3/c25-23-13-17(27(28)29)14-26-24(23)30-18-10-8-15(9-11-18)19-6-3-7-21-20-5-2-1-4-16(20)12-22(19)21/h1-11,13-14H,12H2. The van der Waals surface area contributed by atoms with Crippen molar-refractivity contribution in [2.24, 2.45) is 0 Å². The number of pyridine rings is 1. The molecule has 0 radical (unpaired) electrons. The molecular weight excluding hydrogens is 400 g/mol. The topological polar surface area (TPSA) is 65.3 Å². The highest BCUT2D eigenvalue weighted by Crippen LogP contribution is 2.41. The van der Waals surface area contributed by atoms with Crippen LogP contribution in [0.3, 0.4) is 0 Å². The number of aromatic nitrogens is 1. The molecule has 1 aliphatic carbocycles. The van der Waals surface area contributed by atoms with Crippen LogP contribution in [0.25, 0.3) is 22.3 Å². The molecule has 0 bridgehead atoms. The Labute approximate surface area is 177 Å². The highest BCUT2D eigenvalue weighted by atomic mass is 35.5. The summed E-state index contributed by atoms with van der Waals surface area (Å²) in [6, 6.07) is 23.8. The van der Waals surface area contributed by atoms with Crippen molar-refractivity contribution in [1.82, 2.24) is 4.98 Å². The van der Waals surface area contributed by atoms with Crippen LogP contribution < -0.4 is 4.74 Å². The Morgan fingerprint density at radius 3 is 2.43 bits per heavy atom. The fraction of sp³-hybridized carbons (Fsp3) is 0.0417. The van der Waals surface area contributed by atoms with E-state index in [1.165, 1.54) is 33.9 Å². The van der Waals surface area contributed by atoms with E-state index >= 15 is 0 Å². The normalized spacial score (nSPS) is 11.6. The molecule has 3 aromatic carbocycles. The Morgan fingerprint density at radius 1 is 0.933 bits per heavy atom. The molecule has 146 valence electrons. The molecule has 0 N–H and O–H groups in total. The first kappa shape index (κ1) is 18.3. The highest BCUT2D eigenvalue weighted by molar-refractivity contribution is 6.32. The van der Waals surface area contributed by atoms with Gasteiger partial charge in [0.15, 0.2) is 0 Å². The Bertz CT molecular complexity index is 1290. The molecule has 5 rings (SSSR count). The molecule has 1 aromatic heterocycles. The van der Waals surface area contributed by atoms with E-state index in [9.17, 15) is 10.1 Å². The van der Waals surface area contributed by atoms with E-state index in [1.807, 2.05) is 24.3 Å². The molecule has 0 unspecified atom stereocenters. The Kier molecular flexibility index (Phi) is 4.45. The molecule has 6 heteroatoms. The van der Waals surface area contributed by atoms with Crippen molar-refractivity contribution in [2.75, 3.05) is 0 Å². The van der Waals surface area contributed by atoms with Gasteiger partial charge >= 0.3 is 0 Å². The Balaban J connectivity index is 1.43. The molecule has 0 aliphatic heterocycles. The molecule has 4 aromatic rings. The lowest BCUT2D eigenvalue weighted by Crippen LogP contribution is -1.93. The molecule has 0 amide bonds. The van der Waals surface area contributed by atoms with Gasteiger partial charge in [-0.2, -0.15) is 0 Å². The zero-order valence-electron chi connectivity index (χ0n) is 15.7. The average molecular weight is 415 g/mol. The lowest BCUT2D eigenvalue weighted by atomic mass is 9.96. The van der Waals surface area contributed by atoms with Gasteiger partial charge in [0.1, 0.15) is 17.0 Å². The second kappa shape index (κ2) is 7.28. The van der Waals surface area contributed by atoms with Crippen molar-refractivity contribution in [3.8, 4) is 33.9 Å². The van der Waals surface area contributed by atoms with Crippen LogP contribution in [0.5, 0.6) is 11.6 Å². The van der Waals surface area contributed by atoms with Gasteiger partial charge < -0.3 is 4.74 Å². The molecule has 0 atom stereocenters. The minimum atomic E-state index is -0.548. The van der Waals surface area contributed by atoms with E-state index in [0.717, 1.165) is 18.2 Å². The van der Waals surface area contributed by atoms with E-state index in [-0.39, 0.29) is 16.6 Å². The first-order valence-corrected chi connectivity index (χ1v) is 9.76. The lowest BCUT2D eigenvalue weighted by Gasteiger charge is -2.10. The van der Waals surface area contributed by atoms with Gasteiger partial charge in [-0.15, -0.1) is 0 Å². The van der Waals surface area contributed by atoms with E-state index in [1.54, 1.807) is 0 Å². The van der Waals surface area contributed by atoms with Gasteiger partial charge in [0.25, 0.3) is 5.69 Å². The van der Waals surface area contributed by atoms with Crippen LogP contribution >= 0.6 is 11.6 Å². The number of benzene rings is 3. The minimum absolute atomic E-state index is 0.0897. The quantitative estimate of drug-likeness (QED) is 0.243. The van der Waals surface area contributed by atoms with Crippen LogP contribution in [0, 0.1) is 10.1 Å². The summed E-state index contributed by atoms with van der Waals surface area (Å²) >= 11 is 6.07. The van der Waals surface area contributed by atoms with E-state index in [2.05, 4.69) is 47.4 Å². The van der Waals surface area contributed by atoms with Crippen molar-refractivity contribution in [2.45, 2.75) is 6.42 Å². The second-order valence-corrected chi connectivity index (χ2v) is 7.44. The summed E-state index contributed by atoms with van der Waals surface area (Å²) in [5, 5.41) is 10.9. The van der Waals surface area contributed by atoms with Crippen molar-refractivity contribution < 1.29 is 9.66 Å².